The second kappa shape index (κ2) is 8.13. The maximum Gasteiger partial charge on any atom is 0.239 e. The lowest BCUT2D eigenvalue weighted by atomic mass is 10.1. The molecule has 2 aromatic rings. The fourth-order valence-corrected chi connectivity index (χ4v) is 2.31. The zero-order valence-corrected chi connectivity index (χ0v) is 13.6. The van der Waals surface area contributed by atoms with Crippen LogP contribution in [0.3, 0.4) is 0 Å². The lowest BCUT2D eigenvalue weighted by Crippen LogP contribution is -2.37. The number of carbonyl (C=O) groups is 2. The van der Waals surface area contributed by atoms with Gasteiger partial charge in [-0.1, -0.05) is 54.1 Å². The fraction of sp³-hybridized carbons (Fsp3) is 0.263. The third-order valence-electron chi connectivity index (χ3n) is 3.63. The Labute approximate surface area is 136 Å². The molecule has 120 valence electrons. The molecule has 2 N–H and O–H groups in total. The number of nitrogens with one attached hydrogen (secondary N) is 2. The highest BCUT2D eigenvalue weighted by molar-refractivity contribution is 5.85. The molecule has 0 aliphatic heterocycles. The molecular weight excluding hydrogens is 288 g/mol. The molecule has 0 unspecified atom stereocenters. The molecule has 0 aliphatic rings. The Hall–Kier alpha value is -2.62. The molecule has 0 aliphatic carbocycles. The molecule has 0 saturated carbocycles. The van der Waals surface area contributed by atoms with Crippen molar-refractivity contribution < 1.29 is 9.59 Å². The van der Waals surface area contributed by atoms with E-state index in [9.17, 15) is 9.59 Å². The highest BCUT2D eigenvalue weighted by Crippen LogP contribution is 2.06. The minimum absolute atomic E-state index is 0.00344. The first kappa shape index (κ1) is 16.7. The standard InChI is InChI=1S/C19H22N2O2/c1-14-6-5-8-16(10-14)11-18(22)21-13-19(23)20-12-17-9-4-3-7-15(17)2/h3-10H,11-13H2,1-2H3,(H,20,23)(H,21,22). The quantitative estimate of drug-likeness (QED) is 0.860. The van der Waals surface area contributed by atoms with Gasteiger partial charge in [-0.3, -0.25) is 9.59 Å². The lowest BCUT2D eigenvalue weighted by Gasteiger charge is -2.09. The van der Waals surface area contributed by atoms with E-state index in [0.717, 1.165) is 22.3 Å². The summed E-state index contributed by atoms with van der Waals surface area (Å²) < 4.78 is 0. The highest BCUT2D eigenvalue weighted by atomic mass is 16.2. The van der Waals surface area contributed by atoms with Crippen LogP contribution < -0.4 is 10.6 Å². The predicted molar refractivity (Wildman–Crippen MR) is 90.9 cm³/mol. The first-order chi connectivity index (χ1) is 11.0. The highest BCUT2D eigenvalue weighted by Gasteiger charge is 2.07. The molecule has 2 amide bonds. The first-order valence-electron chi connectivity index (χ1n) is 7.68. The normalized spacial score (nSPS) is 10.2. The van der Waals surface area contributed by atoms with Gasteiger partial charge in [0.1, 0.15) is 0 Å². The molecule has 0 fully saturated rings. The van der Waals surface area contributed by atoms with Gasteiger partial charge in [-0.2, -0.15) is 0 Å². The summed E-state index contributed by atoms with van der Waals surface area (Å²) >= 11 is 0. The maximum absolute atomic E-state index is 11.9. The second-order valence-electron chi connectivity index (χ2n) is 5.65. The van der Waals surface area contributed by atoms with Gasteiger partial charge >= 0.3 is 0 Å². The van der Waals surface area contributed by atoms with Gasteiger partial charge in [0.15, 0.2) is 0 Å². The van der Waals surface area contributed by atoms with E-state index in [0.29, 0.717) is 6.54 Å². The Kier molecular flexibility index (Phi) is 5.92. The monoisotopic (exact) mass is 310 g/mol. The Balaban J connectivity index is 1.74. The summed E-state index contributed by atoms with van der Waals surface area (Å²) in [7, 11) is 0. The Bertz CT molecular complexity index is 695. The van der Waals surface area contributed by atoms with Crippen molar-refractivity contribution >= 4 is 11.8 Å². The summed E-state index contributed by atoms with van der Waals surface area (Å²) in [6, 6.07) is 15.7. The van der Waals surface area contributed by atoms with Gasteiger partial charge in [0.25, 0.3) is 0 Å². The maximum atomic E-state index is 11.9. The van der Waals surface area contributed by atoms with Crippen LogP contribution in [0.1, 0.15) is 22.3 Å². The van der Waals surface area contributed by atoms with Crippen LogP contribution in [0.2, 0.25) is 0 Å². The third-order valence-corrected chi connectivity index (χ3v) is 3.63. The second-order valence-corrected chi connectivity index (χ2v) is 5.65. The van der Waals surface area contributed by atoms with Gasteiger partial charge in [-0.05, 0) is 30.5 Å². The van der Waals surface area contributed by atoms with Crippen molar-refractivity contribution in [3.8, 4) is 0 Å². The van der Waals surface area contributed by atoms with Crippen LogP contribution in [0, 0.1) is 13.8 Å². The van der Waals surface area contributed by atoms with Crippen LogP contribution in [-0.2, 0) is 22.6 Å². The van der Waals surface area contributed by atoms with Crippen LogP contribution in [-0.4, -0.2) is 18.4 Å². The van der Waals surface area contributed by atoms with E-state index in [1.807, 2.05) is 62.4 Å². The van der Waals surface area contributed by atoms with Gasteiger partial charge < -0.3 is 10.6 Å². The summed E-state index contributed by atoms with van der Waals surface area (Å²) in [5.74, 6) is -0.340. The van der Waals surface area contributed by atoms with Crippen LogP contribution in [0.5, 0.6) is 0 Å². The molecule has 23 heavy (non-hydrogen) atoms. The minimum atomic E-state index is -0.189. The number of aryl methyl sites for hydroxylation is 2. The van der Waals surface area contributed by atoms with Crippen molar-refractivity contribution in [1.29, 1.82) is 0 Å². The SMILES string of the molecule is Cc1cccc(CC(=O)NCC(=O)NCc2ccccc2C)c1. The van der Waals surface area contributed by atoms with Crippen LogP contribution in [0.25, 0.3) is 0 Å². The summed E-state index contributed by atoms with van der Waals surface area (Å²) in [6.45, 7) is 4.46. The first-order valence-corrected chi connectivity index (χ1v) is 7.68. The summed E-state index contributed by atoms with van der Waals surface area (Å²) in [4.78, 5) is 23.7. The molecule has 0 radical (unpaired) electrons. The smallest absolute Gasteiger partial charge is 0.239 e. The Morgan fingerprint density at radius 1 is 0.913 bits per heavy atom. The fourth-order valence-electron chi connectivity index (χ4n) is 2.31. The molecule has 2 aromatic carbocycles. The van der Waals surface area contributed by atoms with Crippen LogP contribution in [0.15, 0.2) is 48.5 Å². The summed E-state index contributed by atoms with van der Waals surface area (Å²) in [6.07, 6.45) is 0.284. The number of hydrogen-bond donors (Lipinski definition) is 2. The summed E-state index contributed by atoms with van der Waals surface area (Å²) in [5.41, 5.74) is 4.28. The molecule has 0 bridgehead atoms. The van der Waals surface area contributed by atoms with Gasteiger partial charge in [-0.15, -0.1) is 0 Å². The van der Waals surface area contributed by atoms with E-state index in [1.165, 1.54) is 0 Å². The summed E-state index contributed by atoms with van der Waals surface area (Å²) in [5, 5.41) is 5.46. The van der Waals surface area contributed by atoms with Crippen molar-refractivity contribution in [2.24, 2.45) is 0 Å². The zero-order chi connectivity index (χ0) is 16.7. The minimum Gasteiger partial charge on any atom is -0.350 e. The van der Waals surface area contributed by atoms with Gasteiger partial charge in [0, 0.05) is 6.54 Å². The number of hydrogen-bond acceptors (Lipinski definition) is 2. The average Bonchev–Trinajstić information content (AvgIpc) is 2.52. The van der Waals surface area contributed by atoms with E-state index in [1.54, 1.807) is 0 Å². The topological polar surface area (TPSA) is 58.2 Å². The van der Waals surface area contributed by atoms with Gasteiger partial charge in [-0.25, -0.2) is 0 Å². The molecule has 4 nitrogen and oxygen atoms in total. The van der Waals surface area contributed by atoms with E-state index in [2.05, 4.69) is 10.6 Å². The average molecular weight is 310 g/mol. The number of rotatable bonds is 6. The van der Waals surface area contributed by atoms with Crippen molar-refractivity contribution in [3.05, 3.63) is 70.8 Å². The Morgan fingerprint density at radius 3 is 2.43 bits per heavy atom. The number of carbonyl (C=O) groups excluding carboxylic acids is 2. The van der Waals surface area contributed by atoms with Crippen molar-refractivity contribution in [3.63, 3.8) is 0 Å². The zero-order valence-electron chi connectivity index (χ0n) is 13.6. The molecule has 0 saturated heterocycles. The van der Waals surface area contributed by atoms with E-state index in [4.69, 9.17) is 0 Å². The number of benzene rings is 2. The van der Waals surface area contributed by atoms with Crippen molar-refractivity contribution in [2.75, 3.05) is 6.54 Å². The third kappa shape index (κ3) is 5.58. The Morgan fingerprint density at radius 2 is 1.70 bits per heavy atom. The van der Waals surface area contributed by atoms with Gasteiger partial charge in [0.2, 0.25) is 11.8 Å². The van der Waals surface area contributed by atoms with Crippen molar-refractivity contribution in [1.82, 2.24) is 10.6 Å². The molecule has 0 heterocycles. The number of amides is 2. The van der Waals surface area contributed by atoms with E-state index in [-0.39, 0.29) is 24.8 Å². The molecule has 4 heteroatoms. The van der Waals surface area contributed by atoms with Crippen LogP contribution in [0.4, 0.5) is 0 Å². The largest absolute Gasteiger partial charge is 0.350 e. The van der Waals surface area contributed by atoms with Crippen LogP contribution >= 0.6 is 0 Å². The van der Waals surface area contributed by atoms with Gasteiger partial charge in [0.05, 0.1) is 13.0 Å². The molecule has 0 spiro atoms. The molecule has 2 rings (SSSR count). The molecular formula is C19H22N2O2. The molecule has 0 aromatic heterocycles. The molecule has 0 atom stereocenters. The van der Waals surface area contributed by atoms with Crippen molar-refractivity contribution in [2.45, 2.75) is 26.8 Å². The predicted octanol–water partition coefficient (Wildman–Crippen LogP) is 2.28. The lowest BCUT2D eigenvalue weighted by molar-refractivity contribution is -0.125. The van der Waals surface area contributed by atoms with E-state index >= 15 is 0 Å². The van der Waals surface area contributed by atoms with E-state index < -0.39 is 0 Å².